The van der Waals surface area contributed by atoms with Gasteiger partial charge in [-0.2, -0.15) is 0 Å². The molecule has 2 atom stereocenters. The molecule has 28 heavy (non-hydrogen) atoms. The SMILES string of the molecule is O=C(NCc1ccc(OC(F)(F)F)cc1F)[C@]1(F)CC[C@H](O)c2ncccc21. The van der Waals surface area contributed by atoms with Gasteiger partial charge in [0.1, 0.15) is 11.6 Å². The second-order valence-corrected chi connectivity index (χ2v) is 6.28. The highest BCUT2D eigenvalue weighted by Crippen LogP contribution is 2.42. The molecule has 0 spiro atoms. The number of pyridine rings is 1. The van der Waals surface area contributed by atoms with Crippen LogP contribution in [0.15, 0.2) is 36.5 Å². The first kappa shape index (κ1) is 20.0. The standard InChI is InChI=1S/C18H15F5N2O3/c19-13-8-11(28-18(21,22)23)4-3-10(13)9-25-16(27)17(20)6-5-14(26)15-12(17)2-1-7-24-15/h1-4,7-8,14,26H,5-6,9H2,(H,25,27)/t14-,17-/m0/s1. The van der Waals surface area contributed by atoms with Gasteiger partial charge in [0, 0.05) is 29.9 Å². The first-order valence-electron chi connectivity index (χ1n) is 8.25. The highest BCUT2D eigenvalue weighted by molar-refractivity contribution is 5.87. The lowest BCUT2D eigenvalue weighted by molar-refractivity contribution is -0.274. The lowest BCUT2D eigenvalue weighted by Gasteiger charge is -2.32. The van der Waals surface area contributed by atoms with Gasteiger partial charge >= 0.3 is 6.36 Å². The fourth-order valence-corrected chi connectivity index (χ4v) is 3.05. The van der Waals surface area contributed by atoms with E-state index >= 15 is 4.39 Å². The molecule has 2 N–H and O–H groups in total. The third kappa shape index (κ3) is 4.06. The molecular weight excluding hydrogens is 387 g/mol. The number of nitrogens with zero attached hydrogens (tertiary/aromatic N) is 1. The number of fused-ring (bicyclic) bond motifs is 1. The van der Waals surface area contributed by atoms with E-state index in [2.05, 4.69) is 15.0 Å². The number of ether oxygens (including phenoxy) is 1. The lowest BCUT2D eigenvalue weighted by Crippen LogP contribution is -2.44. The average Bonchev–Trinajstić information content (AvgIpc) is 2.63. The summed E-state index contributed by atoms with van der Waals surface area (Å²) in [5.41, 5.74) is -2.61. The number of carbonyl (C=O) groups is 1. The third-order valence-corrected chi connectivity index (χ3v) is 4.40. The van der Waals surface area contributed by atoms with Crippen LogP contribution >= 0.6 is 0 Å². The maximum absolute atomic E-state index is 15.4. The number of hydrogen-bond acceptors (Lipinski definition) is 4. The zero-order chi connectivity index (χ0) is 20.5. The first-order valence-corrected chi connectivity index (χ1v) is 8.25. The Hall–Kier alpha value is -2.75. The summed E-state index contributed by atoms with van der Waals surface area (Å²) in [4.78, 5) is 16.4. The van der Waals surface area contributed by atoms with Gasteiger partial charge in [-0.25, -0.2) is 8.78 Å². The summed E-state index contributed by atoms with van der Waals surface area (Å²) >= 11 is 0. The molecule has 0 bridgehead atoms. The molecule has 0 aliphatic heterocycles. The number of benzene rings is 1. The Bertz CT molecular complexity index is 890. The van der Waals surface area contributed by atoms with Crippen LogP contribution < -0.4 is 10.1 Å². The molecule has 150 valence electrons. The zero-order valence-electron chi connectivity index (χ0n) is 14.3. The Kier molecular flexibility index (Phi) is 5.24. The van der Waals surface area contributed by atoms with E-state index in [1.165, 1.54) is 18.3 Å². The number of rotatable bonds is 4. The second-order valence-electron chi connectivity index (χ2n) is 6.28. The van der Waals surface area contributed by atoms with Gasteiger partial charge in [0.15, 0.2) is 0 Å². The minimum absolute atomic E-state index is 0.0221. The minimum Gasteiger partial charge on any atom is -0.406 e. The smallest absolute Gasteiger partial charge is 0.406 e. The minimum atomic E-state index is -4.96. The maximum atomic E-state index is 15.4. The third-order valence-electron chi connectivity index (χ3n) is 4.40. The van der Waals surface area contributed by atoms with Crippen molar-refractivity contribution in [2.75, 3.05) is 0 Å². The summed E-state index contributed by atoms with van der Waals surface area (Å²) in [6, 6.07) is 5.18. The highest BCUT2D eigenvalue weighted by Gasteiger charge is 2.46. The van der Waals surface area contributed by atoms with Crippen LogP contribution in [0.4, 0.5) is 22.0 Å². The molecule has 1 heterocycles. The molecule has 5 nitrogen and oxygen atoms in total. The summed E-state index contributed by atoms with van der Waals surface area (Å²) < 4.78 is 69.4. The van der Waals surface area contributed by atoms with Gasteiger partial charge in [0.2, 0.25) is 5.67 Å². The van der Waals surface area contributed by atoms with Crippen molar-refractivity contribution in [1.82, 2.24) is 10.3 Å². The predicted octanol–water partition coefficient (Wildman–Crippen LogP) is 3.43. The molecule has 0 saturated heterocycles. The van der Waals surface area contributed by atoms with Gasteiger partial charge in [-0.05, 0) is 25.0 Å². The number of aliphatic hydroxyl groups excluding tert-OH is 1. The van der Waals surface area contributed by atoms with Crippen molar-refractivity contribution in [2.45, 2.75) is 37.5 Å². The van der Waals surface area contributed by atoms with Crippen molar-refractivity contribution in [3.8, 4) is 5.75 Å². The van der Waals surface area contributed by atoms with E-state index in [0.717, 1.165) is 12.1 Å². The van der Waals surface area contributed by atoms with Crippen molar-refractivity contribution in [3.63, 3.8) is 0 Å². The molecule has 1 amide bonds. The number of aliphatic hydroxyl groups is 1. The highest BCUT2D eigenvalue weighted by atomic mass is 19.4. The summed E-state index contributed by atoms with van der Waals surface area (Å²) in [6.45, 7) is -0.444. The fourth-order valence-electron chi connectivity index (χ4n) is 3.05. The molecule has 0 saturated carbocycles. The molecule has 1 aliphatic carbocycles. The van der Waals surface area contributed by atoms with Crippen molar-refractivity contribution >= 4 is 5.91 Å². The van der Waals surface area contributed by atoms with Crippen molar-refractivity contribution in [3.05, 3.63) is 59.2 Å². The first-order chi connectivity index (χ1) is 13.1. The van der Waals surface area contributed by atoms with E-state index in [9.17, 15) is 27.5 Å². The molecule has 10 heteroatoms. The summed E-state index contributed by atoms with van der Waals surface area (Å²) in [5.74, 6) is -2.84. The number of aromatic nitrogens is 1. The van der Waals surface area contributed by atoms with E-state index < -0.39 is 42.2 Å². The van der Waals surface area contributed by atoms with Gasteiger partial charge in [-0.3, -0.25) is 9.78 Å². The number of hydrogen-bond donors (Lipinski definition) is 2. The molecule has 3 rings (SSSR count). The molecule has 1 aromatic carbocycles. The Morgan fingerprint density at radius 1 is 1.36 bits per heavy atom. The number of alkyl halides is 4. The van der Waals surface area contributed by atoms with Crippen LogP contribution in [0.25, 0.3) is 0 Å². The number of amides is 1. The molecule has 0 fully saturated rings. The summed E-state index contributed by atoms with van der Waals surface area (Å²) in [7, 11) is 0. The van der Waals surface area contributed by atoms with E-state index in [-0.39, 0.29) is 29.7 Å². The zero-order valence-corrected chi connectivity index (χ0v) is 14.3. The van der Waals surface area contributed by atoms with Gasteiger partial charge in [-0.15, -0.1) is 13.2 Å². The summed E-state index contributed by atoms with van der Waals surface area (Å²) in [5, 5.41) is 12.2. The number of carbonyl (C=O) groups excluding carboxylic acids is 1. The van der Waals surface area contributed by atoms with Crippen LogP contribution in [0.1, 0.15) is 35.8 Å². The van der Waals surface area contributed by atoms with E-state index in [1.54, 1.807) is 0 Å². The Morgan fingerprint density at radius 2 is 2.11 bits per heavy atom. The molecule has 0 radical (unpaired) electrons. The van der Waals surface area contributed by atoms with Crippen LogP contribution in [-0.4, -0.2) is 22.4 Å². The van der Waals surface area contributed by atoms with Crippen LogP contribution in [-0.2, 0) is 17.0 Å². The van der Waals surface area contributed by atoms with Gasteiger partial charge in [0.25, 0.3) is 5.91 Å². The Balaban J connectivity index is 1.73. The van der Waals surface area contributed by atoms with E-state index in [1.807, 2.05) is 0 Å². The monoisotopic (exact) mass is 402 g/mol. The maximum Gasteiger partial charge on any atom is 0.573 e. The number of halogens is 5. The molecule has 1 aromatic heterocycles. The van der Waals surface area contributed by atoms with Crippen molar-refractivity contribution < 1.29 is 36.6 Å². The van der Waals surface area contributed by atoms with E-state index in [0.29, 0.717) is 6.07 Å². The fraction of sp³-hybridized carbons (Fsp3) is 0.333. The van der Waals surface area contributed by atoms with Crippen molar-refractivity contribution in [1.29, 1.82) is 0 Å². The molecule has 2 aromatic rings. The molecular formula is C18H15F5N2O3. The number of nitrogens with one attached hydrogen (secondary N) is 1. The topological polar surface area (TPSA) is 71.5 Å². The molecule has 1 aliphatic rings. The average molecular weight is 402 g/mol. The quantitative estimate of drug-likeness (QED) is 0.769. The van der Waals surface area contributed by atoms with Gasteiger partial charge in [-0.1, -0.05) is 12.1 Å². The van der Waals surface area contributed by atoms with Crippen LogP contribution in [0.3, 0.4) is 0 Å². The normalized spacial score (nSPS) is 21.7. The summed E-state index contributed by atoms with van der Waals surface area (Å²) in [6.07, 6.45) is -4.90. The Labute approximate surface area is 156 Å². The lowest BCUT2D eigenvalue weighted by atomic mass is 9.81. The predicted molar refractivity (Wildman–Crippen MR) is 86.1 cm³/mol. The van der Waals surface area contributed by atoms with Gasteiger partial charge < -0.3 is 15.2 Å². The Morgan fingerprint density at radius 3 is 2.79 bits per heavy atom. The van der Waals surface area contributed by atoms with E-state index in [4.69, 9.17) is 0 Å². The molecule has 0 unspecified atom stereocenters. The van der Waals surface area contributed by atoms with Crippen LogP contribution in [0.2, 0.25) is 0 Å². The van der Waals surface area contributed by atoms with Crippen LogP contribution in [0.5, 0.6) is 5.75 Å². The van der Waals surface area contributed by atoms with Gasteiger partial charge in [0.05, 0.1) is 11.8 Å². The van der Waals surface area contributed by atoms with Crippen molar-refractivity contribution in [2.24, 2.45) is 0 Å². The second kappa shape index (κ2) is 7.34. The largest absolute Gasteiger partial charge is 0.573 e. The van der Waals surface area contributed by atoms with Crippen LogP contribution in [0, 0.1) is 5.82 Å².